The lowest BCUT2D eigenvalue weighted by Gasteiger charge is -1.77. The van der Waals surface area contributed by atoms with Crippen molar-refractivity contribution in [2.24, 2.45) is 0 Å². The lowest BCUT2D eigenvalue weighted by atomic mass is 10.9. The SMILES string of the molecule is CC(=O)[O-].OO. The Bertz CT molecular complexity index is 28.5. The second-order valence-electron chi connectivity index (χ2n) is 0.492. The number of carboxylic acid groups (broad SMARTS) is 1. The Morgan fingerprint density at radius 2 is 1.67 bits per heavy atom. The van der Waals surface area contributed by atoms with Gasteiger partial charge in [-0.15, -0.1) is 0 Å². The van der Waals surface area contributed by atoms with E-state index < -0.39 is 5.97 Å². The summed E-state index contributed by atoms with van der Waals surface area (Å²) in [5.41, 5.74) is 0. The molecule has 0 fully saturated rings. The minimum Gasteiger partial charge on any atom is -0.550 e. The highest BCUT2D eigenvalue weighted by molar-refractivity contribution is 5.60. The largest absolute Gasteiger partial charge is 0.550 e. The normalized spacial score (nSPS) is 5.17. The molecule has 0 aliphatic carbocycles. The van der Waals surface area contributed by atoms with Gasteiger partial charge in [0.15, 0.2) is 0 Å². The summed E-state index contributed by atoms with van der Waals surface area (Å²) in [6.07, 6.45) is 0. The van der Waals surface area contributed by atoms with Gasteiger partial charge in [0, 0.05) is 5.97 Å². The number of carboxylic acids is 1. The molecule has 6 heavy (non-hydrogen) atoms. The van der Waals surface area contributed by atoms with Gasteiger partial charge in [-0.1, -0.05) is 0 Å². The van der Waals surface area contributed by atoms with E-state index in [4.69, 9.17) is 20.4 Å². The highest BCUT2D eigenvalue weighted by Crippen LogP contribution is 1.31. The summed E-state index contributed by atoms with van der Waals surface area (Å²) in [5.74, 6) is -1.08. The van der Waals surface area contributed by atoms with Gasteiger partial charge >= 0.3 is 0 Å². The summed E-state index contributed by atoms with van der Waals surface area (Å²) < 4.78 is 0. The van der Waals surface area contributed by atoms with E-state index >= 15 is 0 Å². The average molecular weight is 93.1 g/mol. The minimum absolute atomic E-state index is 0.972. The van der Waals surface area contributed by atoms with E-state index in [9.17, 15) is 0 Å². The number of rotatable bonds is 0. The highest BCUT2D eigenvalue weighted by atomic mass is 17.0. The smallest absolute Gasteiger partial charge is 0.0383 e. The number of carbonyl (C=O) groups is 1. The van der Waals surface area contributed by atoms with Crippen LogP contribution in [0.15, 0.2) is 0 Å². The molecule has 0 aromatic carbocycles. The fourth-order valence-electron chi connectivity index (χ4n) is 0. The second-order valence-corrected chi connectivity index (χ2v) is 0.492. The molecule has 4 nitrogen and oxygen atoms in total. The number of carbonyl (C=O) groups excluding carboxylic acids is 1. The van der Waals surface area contributed by atoms with Crippen molar-refractivity contribution in [2.75, 3.05) is 0 Å². The van der Waals surface area contributed by atoms with Gasteiger partial charge in [-0.25, -0.2) is 0 Å². The van der Waals surface area contributed by atoms with Gasteiger partial charge in [0.1, 0.15) is 0 Å². The predicted molar refractivity (Wildman–Crippen MR) is 15.9 cm³/mol. The lowest BCUT2D eigenvalue weighted by Crippen LogP contribution is -2.16. The van der Waals surface area contributed by atoms with Gasteiger partial charge in [-0.2, -0.15) is 0 Å². The van der Waals surface area contributed by atoms with Crippen LogP contribution in [0.2, 0.25) is 0 Å². The molecule has 0 unspecified atom stereocenters. The Balaban J connectivity index is 0. The second kappa shape index (κ2) is 8.83. The molecule has 0 aliphatic heterocycles. The molecule has 0 saturated heterocycles. The molecular formula is C2H5O4-. The maximum Gasteiger partial charge on any atom is 0.0383 e. The van der Waals surface area contributed by atoms with Crippen molar-refractivity contribution in [2.45, 2.75) is 6.92 Å². The Morgan fingerprint density at radius 3 is 1.67 bits per heavy atom. The monoisotopic (exact) mass is 93.0 g/mol. The fraction of sp³-hybridized carbons (Fsp3) is 0.500. The molecule has 2 N–H and O–H groups in total. The van der Waals surface area contributed by atoms with Crippen LogP contribution < -0.4 is 5.11 Å². The van der Waals surface area contributed by atoms with Crippen molar-refractivity contribution in [3.63, 3.8) is 0 Å². The lowest BCUT2D eigenvalue weighted by molar-refractivity contribution is -0.302. The summed E-state index contributed by atoms with van der Waals surface area (Å²) in [6.45, 7) is 0.972. The fourth-order valence-corrected chi connectivity index (χ4v) is 0. The third-order valence-corrected chi connectivity index (χ3v) is 0. The van der Waals surface area contributed by atoms with Crippen molar-refractivity contribution in [1.29, 1.82) is 0 Å². The molecule has 38 valence electrons. The molecule has 0 amide bonds. The third-order valence-electron chi connectivity index (χ3n) is 0. The van der Waals surface area contributed by atoms with Crippen LogP contribution in [0.1, 0.15) is 6.92 Å². The third kappa shape index (κ3) is 52.0. The van der Waals surface area contributed by atoms with Gasteiger partial charge in [0.25, 0.3) is 0 Å². The van der Waals surface area contributed by atoms with Gasteiger partial charge < -0.3 is 9.90 Å². The first-order valence-electron chi connectivity index (χ1n) is 1.11. The van der Waals surface area contributed by atoms with Gasteiger partial charge in [0.2, 0.25) is 0 Å². The summed E-state index contributed by atoms with van der Waals surface area (Å²) in [7, 11) is 0. The topological polar surface area (TPSA) is 80.6 Å². The molecule has 0 radical (unpaired) electrons. The predicted octanol–water partition coefficient (Wildman–Crippen LogP) is -1.23. The molecule has 0 spiro atoms. The van der Waals surface area contributed by atoms with Gasteiger partial charge in [0.05, 0.1) is 0 Å². The molecule has 0 aromatic heterocycles. The van der Waals surface area contributed by atoms with Crippen LogP contribution in [0.5, 0.6) is 0 Å². The van der Waals surface area contributed by atoms with E-state index in [0.717, 1.165) is 6.92 Å². The van der Waals surface area contributed by atoms with E-state index in [0.29, 0.717) is 0 Å². The zero-order chi connectivity index (χ0) is 5.58. The van der Waals surface area contributed by atoms with Crippen molar-refractivity contribution in [1.82, 2.24) is 0 Å². The van der Waals surface area contributed by atoms with Crippen LogP contribution >= 0.6 is 0 Å². The number of hydrogen-bond acceptors (Lipinski definition) is 4. The van der Waals surface area contributed by atoms with Crippen LogP contribution in [0.3, 0.4) is 0 Å². The molecule has 0 aromatic rings. The highest BCUT2D eigenvalue weighted by Gasteiger charge is 1.46. The molecule has 0 bridgehead atoms. The van der Waals surface area contributed by atoms with Gasteiger partial charge in [-0.3, -0.25) is 10.5 Å². The summed E-state index contributed by atoms with van der Waals surface area (Å²) in [6, 6.07) is 0. The minimum atomic E-state index is -1.08. The summed E-state index contributed by atoms with van der Waals surface area (Å²) in [5, 5.41) is 20.9. The summed E-state index contributed by atoms with van der Waals surface area (Å²) in [4.78, 5) is 8.89. The van der Waals surface area contributed by atoms with Gasteiger partial charge in [-0.05, 0) is 6.92 Å². The maximum absolute atomic E-state index is 8.89. The van der Waals surface area contributed by atoms with E-state index in [1.807, 2.05) is 0 Å². The molecule has 0 aliphatic rings. The van der Waals surface area contributed by atoms with Crippen molar-refractivity contribution in [3.8, 4) is 0 Å². The van der Waals surface area contributed by atoms with Crippen molar-refractivity contribution in [3.05, 3.63) is 0 Å². The number of aliphatic carboxylic acids is 1. The van der Waals surface area contributed by atoms with Crippen molar-refractivity contribution >= 4 is 5.97 Å². The molecule has 4 heteroatoms. The van der Waals surface area contributed by atoms with Crippen LogP contribution in [0, 0.1) is 0 Å². The van der Waals surface area contributed by atoms with Crippen LogP contribution in [-0.4, -0.2) is 16.5 Å². The maximum atomic E-state index is 8.89. The first-order chi connectivity index (χ1) is 2.73. The Labute approximate surface area is 34.6 Å². The zero-order valence-corrected chi connectivity index (χ0v) is 3.21. The quantitative estimate of drug-likeness (QED) is 0.290. The standard InChI is InChI=1S/C2H4O2.H2O2/c1-2(3)4;1-2/h1H3,(H,3,4);1-2H/p-1. The summed E-state index contributed by atoms with van der Waals surface area (Å²) >= 11 is 0. The first kappa shape index (κ1) is 9.04. The Kier molecular flexibility index (Phi) is 13.3. The first-order valence-corrected chi connectivity index (χ1v) is 1.11. The van der Waals surface area contributed by atoms with Crippen LogP contribution in [0.4, 0.5) is 0 Å². The average Bonchev–Trinajstić information content (AvgIpc) is 1.41. The molecular weight excluding hydrogens is 88.0 g/mol. The molecule has 0 saturated carbocycles. The van der Waals surface area contributed by atoms with E-state index in [1.165, 1.54) is 0 Å². The Hall–Kier alpha value is -0.610. The number of hydrogen-bond donors (Lipinski definition) is 2. The zero-order valence-electron chi connectivity index (χ0n) is 3.21. The van der Waals surface area contributed by atoms with Crippen LogP contribution in [0.25, 0.3) is 0 Å². The molecule has 0 heterocycles. The van der Waals surface area contributed by atoms with E-state index in [1.54, 1.807) is 0 Å². The molecule has 0 atom stereocenters. The van der Waals surface area contributed by atoms with E-state index in [-0.39, 0.29) is 0 Å². The Morgan fingerprint density at radius 1 is 1.67 bits per heavy atom. The molecule has 0 rings (SSSR count). The van der Waals surface area contributed by atoms with Crippen LogP contribution in [-0.2, 0) is 4.79 Å². The van der Waals surface area contributed by atoms with Crippen molar-refractivity contribution < 1.29 is 20.4 Å². The van der Waals surface area contributed by atoms with E-state index in [2.05, 4.69) is 0 Å².